The zero-order valence-corrected chi connectivity index (χ0v) is 9.61. The minimum atomic E-state index is -4.56. The first-order chi connectivity index (χ1) is 8.70. The second kappa shape index (κ2) is 6.14. The molecule has 0 atom stereocenters. The van der Waals surface area contributed by atoms with Gasteiger partial charge < -0.3 is 10.1 Å². The molecular formula is C11H11F6NO. The molecule has 0 aromatic heterocycles. The Balaban J connectivity index is 2.46. The van der Waals surface area contributed by atoms with E-state index in [1.807, 2.05) is 5.32 Å². The Kier molecular flexibility index (Phi) is 5.04. The molecule has 1 rings (SSSR count). The van der Waals surface area contributed by atoms with Crippen molar-refractivity contribution >= 4 is 0 Å². The summed E-state index contributed by atoms with van der Waals surface area (Å²) in [6.45, 7) is -1.70. The van der Waals surface area contributed by atoms with E-state index < -0.39 is 30.2 Å². The highest BCUT2D eigenvalue weighted by atomic mass is 19.4. The molecule has 1 aromatic carbocycles. The van der Waals surface area contributed by atoms with Crippen LogP contribution in [0.3, 0.4) is 0 Å². The average molecular weight is 287 g/mol. The molecule has 0 bridgehead atoms. The van der Waals surface area contributed by atoms with Crippen LogP contribution in [0.15, 0.2) is 24.3 Å². The van der Waals surface area contributed by atoms with Gasteiger partial charge in [-0.3, -0.25) is 0 Å². The van der Waals surface area contributed by atoms with Crippen molar-refractivity contribution in [2.75, 3.05) is 19.7 Å². The molecule has 1 N–H and O–H groups in total. The molecule has 0 radical (unpaired) electrons. The largest absolute Gasteiger partial charge is 0.492 e. The maximum Gasteiger partial charge on any atom is 0.419 e. The third-order valence-electron chi connectivity index (χ3n) is 2.05. The van der Waals surface area contributed by atoms with Crippen LogP contribution in [-0.4, -0.2) is 25.9 Å². The first-order valence-electron chi connectivity index (χ1n) is 5.26. The van der Waals surface area contributed by atoms with E-state index in [9.17, 15) is 26.3 Å². The van der Waals surface area contributed by atoms with Crippen LogP contribution in [-0.2, 0) is 6.18 Å². The van der Waals surface area contributed by atoms with Gasteiger partial charge >= 0.3 is 12.4 Å². The molecule has 0 saturated carbocycles. The Morgan fingerprint density at radius 2 is 1.63 bits per heavy atom. The molecule has 0 unspecified atom stereocenters. The van der Waals surface area contributed by atoms with Crippen LogP contribution in [0.2, 0.25) is 0 Å². The summed E-state index contributed by atoms with van der Waals surface area (Å²) in [4.78, 5) is 0. The Hall–Kier alpha value is -1.44. The summed E-state index contributed by atoms with van der Waals surface area (Å²) in [6.07, 6.45) is -8.92. The molecular weight excluding hydrogens is 276 g/mol. The summed E-state index contributed by atoms with van der Waals surface area (Å²) in [5.41, 5.74) is -0.953. The normalized spacial score (nSPS) is 12.5. The minimum absolute atomic E-state index is 0.203. The van der Waals surface area contributed by atoms with Crippen LogP contribution in [0.1, 0.15) is 5.56 Å². The van der Waals surface area contributed by atoms with Gasteiger partial charge in [0.2, 0.25) is 0 Å². The second-order valence-electron chi connectivity index (χ2n) is 3.63. The van der Waals surface area contributed by atoms with Gasteiger partial charge in [0.15, 0.2) is 0 Å². The van der Waals surface area contributed by atoms with Gasteiger partial charge in [0.05, 0.1) is 12.1 Å². The third-order valence-corrected chi connectivity index (χ3v) is 2.05. The quantitative estimate of drug-likeness (QED) is 0.663. The highest BCUT2D eigenvalue weighted by Gasteiger charge is 2.34. The zero-order valence-electron chi connectivity index (χ0n) is 9.61. The molecule has 0 aliphatic heterocycles. The van der Waals surface area contributed by atoms with E-state index in [4.69, 9.17) is 4.74 Å². The van der Waals surface area contributed by atoms with Gasteiger partial charge in [0.25, 0.3) is 0 Å². The van der Waals surface area contributed by atoms with E-state index in [-0.39, 0.29) is 13.2 Å². The first-order valence-corrected chi connectivity index (χ1v) is 5.26. The van der Waals surface area contributed by atoms with Gasteiger partial charge in [0.1, 0.15) is 12.4 Å². The van der Waals surface area contributed by atoms with Crippen LogP contribution in [0.25, 0.3) is 0 Å². The number of hydrogen-bond acceptors (Lipinski definition) is 2. The van der Waals surface area contributed by atoms with Crippen molar-refractivity contribution in [1.82, 2.24) is 5.32 Å². The van der Waals surface area contributed by atoms with E-state index in [1.165, 1.54) is 12.1 Å². The molecule has 0 saturated heterocycles. The fourth-order valence-corrected chi connectivity index (χ4v) is 1.29. The van der Waals surface area contributed by atoms with Crippen molar-refractivity contribution in [2.24, 2.45) is 0 Å². The highest BCUT2D eigenvalue weighted by molar-refractivity contribution is 5.35. The predicted molar refractivity (Wildman–Crippen MR) is 55.9 cm³/mol. The molecule has 0 aliphatic carbocycles. The monoisotopic (exact) mass is 287 g/mol. The summed E-state index contributed by atoms with van der Waals surface area (Å²) in [5, 5.41) is 2.02. The fraction of sp³-hybridized carbons (Fsp3) is 0.455. The minimum Gasteiger partial charge on any atom is -0.492 e. The number of hydrogen-bond donors (Lipinski definition) is 1. The number of alkyl halides is 6. The predicted octanol–water partition coefficient (Wildman–Crippen LogP) is 3.24. The summed E-state index contributed by atoms with van der Waals surface area (Å²) >= 11 is 0. The van der Waals surface area contributed by atoms with E-state index in [0.29, 0.717) is 0 Å². The lowest BCUT2D eigenvalue weighted by molar-refractivity contribution is -0.138. The fourth-order valence-electron chi connectivity index (χ4n) is 1.29. The molecule has 0 aliphatic rings. The first kappa shape index (κ1) is 15.6. The maximum atomic E-state index is 12.5. The van der Waals surface area contributed by atoms with Gasteiger partial charge in [-0.1, -0.05) is 12.1 Å². The lowest BCUT2D eigenvalue weighted by Crippen LogP contribution is -2.31. The van der Waals surface area contributed by atoms with Crippen molar-refractivity contribution in [3.63, 3.8) is 0 Å². The van der Waals surface area contributed by atoms with Crippen LogP contribution >= 0.6 is 0 Å². The number of rotatable bonds is 5. The molecule has 0 heterocycles. The van der Waals surface area contributed by atoms with E-state index in [0.717, 1.165) is 12.1 Å². The van der Waals surface area contributed by atoms with E-state index in [2.05, 4.69) is 0 Å². The van der Waals surface area contributed by atoms with Gasteiger partial charge in [-0.15, -0.1) is 0 Å². The van der Waals surface area contributed by atoms with Crippen molar-refractivity contribution in [3.05, 3.63) is 29.8 Å². The van der Waals surface area contributed by atoms with Gasteiger partial charge in [-0.2, -0.15) is 26.3 Å². The number of benzene rings is 1. The van der Waals surface area contributed by atoms with Gasteiger partial charge in [0, 0.05) is 6.54 Å². The number of halogens is 6. The Morgan fingerprint density at radius 3 is 2.21 bits per heavy atom. The van der Waals surface area contributed by atoms with Gasteiger partial charge in [-0.25, -0.2) is 0 Å². The van der Waals surface area contributed by atoms with Crippen molar-refractivity contribution in [2.45, 2.75) is 12.4 Å². The molecule has 19 heavy (non-hydrogen) atoms. The third kappa shape index (κ3) is 5.82. The smallest absolute Gasteiger partial charge is 0.419 e. The standard InChI is InChI=1S/C11H11F6NO/c12-10(13,14)7-18-5-6-19-9-4-2-1-3-8(9)11(15,16)17/h1-4,18H,5-7H2. The van der Waals surface area contributed by atoms with Crippen LogP contribution in [0, 0.1) is 0 Å². The van der Waals surface area contributed by atoms with Crippen LogP contribution in [0.4, 0.5) is 26.3 Å². The maximum absolute atomic E-state index is 12.5. The van der Waals surface area contributed by atoms with Gasteiger partial charge in [-0.05, 0) is 12.1 Å². The molecule has 108 valence electrons. The highest BCUT2D eigenvalue weighted by Crippen LogP contribution is 2.35. The Bertz CT molecular complexity index is 401. The SMILES string of the molecule is FC(F)(F)CNCCOc1ccccc1C(F)(F)F. The molecule has 2 nitrogen and oxygen atoms in total. The second-order valence-corrected chi connectivity index (χ2v) is 3.63. The van der Waals surface area contributed by atoms with Crippen molar-refractivity contribution < 1.29 is 31.1 Å². The molecule has 0 fully saturated rings. The lowest BCUT2D eigenvalue weighted by atomic mass is 10.2. The average Bonchev–Trinajstić information content (AvgIpc) is 2.26. The molecule has 8 heteroatoms. The lowest BCUT2D eigenvalue weighted by Gasteiger charge is -2.14. The molecule has 0 spiro atoms. The van der Waals surface area contributed by atoms with E-state index >= 15 is 0 Å². The van der Waals surface area contributed by atoms with Crippen LogP contribution in [0.5, 0.6) is 5.75 Å². The Labute approximate surface area is 105 Å². The topological polar surface area (TPSA) is 21.3 Å². The Morgan fingerprint density at radius 1 is 1.00 bits per heavy atom. The van der Waals surface area contributed by atoms with E-state index in [1.54, 1.807) is 0 Å². The number of nitrogens with one attached hydrogen (secondary N) is 1. The zero-order chi connectivity index (χ0) is 14.5. The summed E-state index contributed by atoms with van der Waals surface area (Å²) < 4.78 is 77.8. The van der Waals surface area contributed by atoms with Crippen molar-refractivity contribution in [3.8, 4) is 5.75 Å². The number of para-hydroxylation sites is 1. The summed E-state index contributed by atoms with van der Waals surface area (Å²) in [5.74, 6) is -0.399. The van der Waals surface area contributed by atoms with Crippen LogP contribution < -0.4 is 10.1 Å². The molecule has 0 amide bonds. The molecule has 1 aromatic rings. The summed E-state index contributed by atoms with van der Waals surface area (Å²) in [6, 6.07) is 4.52. The van der Waals surface area contributed by atoms with Crippen molar-refractivity contribution in [1.29, 1.82) is 0 Å². The number of ether oxygens (including phenoxy) is 1. The summed E-state index contributed by atoms with van der Waals surface area (Å²) in [7, 11) is 0.